The van der Waals surface area contributed by atoms with Gasteiger partial charge in [-0.1, -0.05) is 0 Å². The molecule has 0 aliphatic rings. The van der Waals surface area contributed by atoms with E-state index in [1.807, 2.05) is 0 Å². The summed E-state index contributed by atoms with van der Waals surface area (Å²) < 4.78 is 10.5. The van der Waals surface area contributed by atoms with E-state index in [1.54, 1.807) is 13.0 Å². The highest BCUT2D eigenvalue weighted by atomic mass is 16.5. The lowest BCUT2D eigenvalue weighted by molar-refractivity contribution is 0.168. The molecule has 24 heavy (non-hydrogen) atoms. The average molecular weight is 326 g/mol. The van der Waals surface area contributed by atoms with Crippen LogP contribution in [0.2, 0.25) is 0 Å². The van der Waals surface area contributed by atoms with E-state index in [0.29, 0.717) is 22.2 Å². The number of aromatic nitrogens is 1. The van der Waals surface area contributed by atoms with Gasteiger partial charge >= 0.3 is 6.09 Å². The number of carbonyl (C=O) groups is 1. The Morgan fingerprint density at radius 1 is 1.33 bits per heavy atom. The molecule has 0 saturated heterocycles. The maximum Gasteiger partial charge on any atom is 0.411 e. The van der Waals surface area contributed by atoms with E-state index in [9.17, 15) is 14.7 Å². The van der Waals surface area contributed by atoms with Crippen molar-refractivity contribution < 1.29 is 19.1 Å². The Labute approximate surface area is 136 Å². The highest BCUT2D eigenvalue weighted by molar-refractivity contribution is 5.91. The molecule has 0 unspecified atom stereocenters. The summed E-state index contributed by atoms with van der Waals surface area (Å²) in [6.45, 7) is 1.91. The van der Waals surface area contributed by atoms with Gasteiger partial charge in [-0.3, -0.25) is 15.1 Å². The van der Waals surface area contributed by atoms with E-state index in [1.165, 1.54) is 36.7 Å². The quantitative estimate of drug-likeness (QED) is 0.717. The van der Waals surface area contributed by atoms with Gasteiger partial charge in [0.05, 0.1) is 23.9 Å². The van der Waals surface area contributed by atoms with Gasteiger partial charge in [0.25, 0.3) is 0 Å². The fourth-order valence-corrected chi connectivity index (χ4v) is 2.26. The number of pyridine rings is 1. The van der Waals surface area contributed by atoms with Crippen molar-refractivity contribution in [2.45, 2.75) is 6.92 Å². The highest BCUT2D eigenvalue weighted by Crippen LogP contribution is 2.32. The number of carbonyl (C=O) groups excluding carboxylic acids is 1. The largest absolute Gasteiger partial charge is 0.508 e. The van der Waals surface area contributed by atoms with Crippen LogP contribution in [0, 0.1) is 0 Å². The SMILES string of the molecule is CCOC(=O)Nc1ccc(O)cc1-c1cc(=O)c2ccncc2o1. The zero-order valence-corrected chi connectivity index (χ0v) is 12.8. The number of rotatable bonds is 3. The molecular formula is C17H14N2O5. The van der Waals surface area contributed by atoms with Crippen LogP contribution in [0.1, 0.15) is 6.92 Å². The third-order valence-electron chi connectivity index (χ3n) is 3.31. The molecule has 122 valence electrons. The van der Waals surface area contributed by atoms with Crippen LogP contribution in [-0.4, -0.2) is 22.8 Å². The summed E-state index contributed by atoms with van der Waals surface area (Å²) in [5.74, 6) is 0.163. The van der Waals surface area contributed by atoms with Crippen molar-refractivity contribution in [1.29, 1.82) is 0 Å². The molecule has 0 spiro atoms. The Morgan fingerprint density at radius 2 is 2.17 bits per heavy atom. The molecular weight excluding hydrogens is 312 g/mol. The number of phenols is 1. The predicted octanol–water partition coefficient (Wildman–Crippen LogP) is 3.13. The van der Waals surface area contributed by atoms with Gasteiger partial charge in [-0.05, 0) is 31.2 Å². The number of benzene rings is 1. The highest BCUT2D eigenvalue weighted by Gasteiger charge is 2.14. The number of hydrogen-bond donors (Lipinski definition) is 2. The summed E-state index contributed by atoms with van der Waals surface area (Å²) in [6.07, 6.45) is 2.29. The molecule has 0 aliphatic heterocycles. The van der Waals surface area contributed by atoms with Crippen molar-refractivity contribution in [3.63, 3.8) is 0 Å². The van der Waals surface area contributed by atoms with E-state index in [-0.39, 0.29) is 23.5 Å². The van der Waals surface area contributed by atoms with Gasteiger partial charge < -0.3 is 14.3 Å². The number of nitrogens with one attached hydrogen (secondary N) is 1. The Bertz CT molecular complexity index is 965. The molecule has 0 saturated carbocycles. The second-order valence-corrected chi connectivity index (χ2v) is 4.92. The number of aromatic hydroxyl groups is 1. The molecule has 0 radical (unpaired) electrons. The minimum absolute atomic E-state index is 0.0339. The number of phenolic OH excluding ortho intramolecular Hbond substituents is 1. The third kappa shape index (κ3) is 3.05. The molecule has 3 rings (SSSR count). The summed E-state index contributed by atoms with van der Waals surface area (Å²) in [6, 6.07) is 7.15. The smallest absolute Gasteiger partial charge is 0.411 e. The molecule has 1 aromatic carbocycles. The van der Waals surface area contributed by atoms with Gasteiger partial charge in [0.15, 0.2) is 11.0 Å². The van der Waals surface area contributed by atoms with Gasteiger partial charge in [0.2, 0.25) is 0 Å². The minimum atomic E-state index is -0.644. The van der Waals surface area contributed by atoms with Gasteiger partial charge in [0, 0.05) is 17.8 Å². The molecule has 3 aromatic rings. The number of amides is 1. The summed E-state index contributed by atoms with van der Waals surface area (Å²) in [4.78, 5) is 27.8. The van der Waals surface area contributed by atoms with E-state index in [4.69, 9.17) is 9.15 Å². The second kappa shape index (κ2) is 6.41. The fraction of sp³-hybridized carbons (Fsp3) is 0.118. The summed E-state index contributed by atoms with van der Waals surface area (Å²) in [5, 5.41) is 12.7. The summed E-state index contributed by atoms with van der Waals surface area (Å²) in [5.41, 5.74) is 0.757. The van der Waals surface area contributed by atoms with Crippen molar-refractivity contribution in [2.24, 2.45) is 0 Å². The number of anilines is 1. The number of ether oxygens (including phenoxy) is 1. The number of hydrogen-bond acceptors (Lipinski definition) is 6. The van der Waals surface area contributed by atoms with Gasteiger partial charge in [-0.15, -0.1) is 0 Å². The monoisotopic (exact) mass is 326 g/mol. The van der Waals surface area contributed by atoms with Crippen molar-refractivity contribution in [3.05, 3.63) is 52.9 Å². The first-order valence-electron chi connectivity index (χ1n) is 7.23. The van der Waals surface area contributed by atoms with Crippen LogP contribution in [0.15, 0.2) is 51.9 Å². The van der Waals surface area contributed by atoms with E-state index >= 15 is 0 Å². The van der Waals surface area contributed by atoms with E-state index in [2.05, 4.69) is 10.3 Å². The normalized spacial score (nSPS) is 10.5. The molecule has 1 amide bonds. The lowest BCUT2D eigenvalue weighted by Crippen LogP contribution is -2.14. The Balaban J connectivity index is 2.13. The maximum atomic E-state index is 12.2. The van der Waals surface area contributed by atoms with Crippen molar-refractivity contribution >= 4 is 22.7 Å². The minimum Gasteiger partial charge on any atom is -0.508 e. The molecule has 7 nitrogen and oxygen atoms in total. The number of fused-ring (bicyclic) bond motifs is 1. The molecule has 0 aliphatic carbocycles. The average Bonchev–Trinajstić information content (AvgIpc) is 2.56. The zero-order chi connectivity index (χ0) is 17.1. The van der Waals surface area contributed by atoms with E-state index in [0.717, 1.165) is 0 Å². The van der Waals surface area contributed by atoms with Crippen molar-refractivity contribution in [1.82, 2.24) is 4.98 Å². The zero-order valence-electron chi connectivity index (χ0n) is 12.8. The molecule has 7 heteroatoms. The fourth-order valence-electron chi connectivity index (χ4n) is 2.26. The van der Waals surface area contributed by atoms with Crippen LogP contribution in [-0.2, 0) is 4.74 Å². The van der Waals surface area contributed by atoms with Gasteiger partial charge in [0.1, 0.15) is 11.5 Å². The first-order chi connectivity index (χ1) is 11.6. The van der Waals surface area contributed by atoms with Crippen LogP contribution >= 0.6 is 0 Å². The van der Waals surface area contributed by atoms with Crippen LogP contribution in [0.25, 0.3) is 22.3 Å². The lowest BCUT2D eigenvalue weighted by Gasteiger charge is -2.11. The molecule has 0 atom stereocenters. The first kappa shape index (κ1) is 15.5. The Hall–Kier alpha value is -3.35. The van der Waals surface area contributed by atoms with Crippen LogP contribution < -0.4 is 10.7 Å². The molecule has 2 N–H and O–H groups in total. The standard InChI is InChI=1S/C17H14N2O5/c1-2-23-17(22)19-13-4-3-10(20)7-12(13)15-8-14(21)11-5-6-18-9-16(11)24-15/h3-9,20H,2H2,1H3,(H,19,22). The van der Waals surface area contributed by atoms with E-state index < -0.39 is 6.09 Å². The Morgan fingerprint density at radius 3 is 2.96 bits per heavy atom. The molecule has 2 aromatic heterocycles. The summed E-state index contributed by atoms with van der Waals surface area (Å²) in [7, 11) is 0. The van der Waals surface area contributed by atoms with Crippen LogP contribution in [0.3, 0.4) is 0 Å². The van der Waals surface area contributed by atoms with Gasteiger partial charge in [-0.2, -0.15) is 0 Å². The van der Waals surface area contributed by atoms with Crippen molar-refractivity contribution in [2.75, 3.05) is 11.9 Å². The molecule has 0 bridgehead atoms. The Kier molecular flexibility index (Phi) is 4.15. The van der Waals surface area contributed by atoms with Crippen LogP contribution in [0.4, 0.5) is 10.5 Å². The van der Waals surface area contributed by atoms with Gasteiger partial charge in [-0.25, -0.2) is 4.79 Å². The second-order valence-electron chi connectivity index (χ2n) is 4.92. The van der Waals surface area contributed by atoms with Crippen molar-refractivity contribution in [3.8, 4) is 17.1 Å². The third-order valence-corrected chi connectivity index (χ3v) is 3.31. The maximum absolute atomic E-state index is 12.2. The van der Waals surface area contributed by atoms with Crippen LogP contribution in [0.5, 0.6) is 5.75 Å². The number of nitrogens with zero attached hydrogens (tertiary/aromatic N) is 1. The predicted molar refractivity (Wildman–Crippen MR) is 88.0 cm³/mol. The molecule has 0 fully saturated rings. The topological polar surface area (TPSA) is 102 Å². The summed E-state index contributed by atoms with van der Waals surface area (Å²) >= 11 is 0. The lowest BCUT2D eigenvalue weighted by atomic mass is 10.1. The first-order valence-corrected chi connectivity index (χ1v) is 7.23. The molecule has 2 heterocycles.